The number of nitrogens with zero attached hydrogens (tertiary/aromatic N) is 4. The SMILES string of the molecule is CC(C)(C)c1cc2c3c(c1)N(CCCCCCc1ccccc1-c1ccc4c(c1)C(c1ccccc1)(c1ccccc1)c1ccccc1-4)c1cc(-c4ccc5c(c4)c4ccccc4n5-c4ccccc4)ccc1B3c1ccc(-c3ccc4c(c3)c3ccccc3n4-c3ccccc3)cc1N2CCCCCCc1ccccc1-c1ccc2c(c1)C(c1ccccc1)(c1ccccc1)c1ccccc1-2. The number of hydrogen-bond donors (Lipinski definition) is 0. The van der Waals surface area contributed by atoms with Gasteiger partial charge in [0.05, 0.1) is 32.9 Å². The fraction of sp³-hybridized carbons (Fsp3) is 0.136. The normalized spacial score (nSPS) is 13.5. The molecule has 0 fully saturated rings. The minimum absolute atomic E-state index is 0.0319. The largest absolute Gasteiger partial charge is 0.342 e. The van der Waals surface area contributed by atoms with Crippen molar-refractivity contribution in [2.24, 2.45) is 0 Å². The number of anilines is 4. The van der Waals surface area contributed by atoms with Crippen molar-refractivity contribution in [3.05, 3.63) is 510 Å². The molecule has 0 unspecified atom stereocenters. The van der Waals surface area contributed by atoms with Gasteiger partial charge in [-0.2, -0.15) is 0 Å². The highest BCUT2D eigenvalue weighted by Gasteiger charge is 2.49. The Hall–Kier alpha value is -15.6. The van der Waals surface area contributed by atoms with E-state index in [-0.39, 0.29) is 12.1 Å². The molecule has 25 rings (SSSR count). The van der Waals surface area contributed by atoms with E-state index < -0.39 is 10.8 Å². The van der Waals surface area contributed by atoms with Crippen LogP contribution in [0.1, 0.15) is 133 Å². The van der Waals surface area contributed by atoms with E-state index in [0.717, 1.165) is 77.3 Å². The summed E-state index contributed by atoms with van der Waals surface area (Å²) in [5.41, 5.74) is 45.5. The Balaban J connectivity index is 0.568. The Labute approximate surface area is 805 Å². The summed E-state index contributed by atoms with van der Waals surface area (Å²) in [4.78, 5) is 5.60. The quantitative estimate of drug-likeness (QED) is 0.0443. The van der Waals surface area contributed by atoms with Crippen molar-refractivity contribution in [2.75, 3.05) is 22.9 Å². The number of para-hydroxylation sites is 4. The zero-order valence-electron chi connectivity index (χ0n) is 78.1. The van der Waals surface area contributed by atoms with E-state index in [1.54, 1.807) is 0 Å². The van der Waals surface area contributed by atoms with Crippen molar-refractivity contribution in [1.82, 2.24) is 9.13 Å². The standard InChI is InChI=1S/C132H107BN4/c1-130(2,3)102-88-127-129-128(89-102)135(81-41-7-5-15-43-91-45-29-31-59-106(91)97-69-75-110-108-61-33-37-65-116(108)132(118(110)85-97,100-50-20-10-21-51-100)101-52-22-11-23-53-101)126-87-95(93-73-79-124-114(83-93)112-63-35-39-67-122(112)137(124)104-56-26-13-27-57-104)71-77-120(126)133(129)119-76-70-94(92-72-78-123-113(82-92)111-62-34-38-66-121(111)136(123)103-54-24-12-25-55-103)86-125(119)134(127)80-40-6-4-14-42-90-44-28-30-58-105(90)96-68-74-109-107-60-32-36-64-115(107)131(117(109)84-96,98-46-16-8-17-47-98)99-48-18-9-19-49-99/h8-13,16-39,44-79,82-89H,4-7,14-15,40-43,80-81H2,1-3H3. The summed E-state index contributed by atoms with van der Waals surface area (Å²) in [5, 5.41) is 5.03. The smallest absolute Gasteiger partial charge is 0.252 e. The lowest BCUT2D eigenvalue weighted by molar-refractivity contribution is 0.589. The van der Waals surface area contributed by atoms with Crippen LogP contribution >= 0.6 is 0 Å². The maximum atomic E-state index is 2.80. The zero-order chi connectivity index (χ0) is 91.3. The molecular weight excluding hydrogens is 1650 g/mol. The van der Waals surface area contributed by atoms with Crippen LogP contribution in [-0.4, -0.2) is 28.9 Å². The molecule has 0 N–H and O–H groups in total. The molecule has 137 heavy (non-hydrogen) atoms. The van der Waals surface area contributed by atoms with Gasteiger partial charge in [0.1, 0.15) is 0 Å². The van der Waals surface area contributed by atoms with Crippen LogP contribution in [0.25, 0.3) is 122 Å². The first-order valence-corrected chi connectivity index (χ1v) is 49.7. The molecule has 2 aliphatic carbocycles. The van der Waals surface area contributed by atoms with Gasteiger partial charge < -0.3 is 18.9 Å². The number of rotatable bonds is 24. The number of aromatic nitrogens is 2. The zero-order valence-corrected chi connectivity index (χ0v) is 78.1. The van der Waals surface area contributed by atoms with Crippen LogP contribution in [0.2, 0.25) is 0 Å². The molecule has 0 atom stereocenters. The molecule has 658 valence electrons. The van der Waals surface area contributed by atoms with Gasteiger partial charge in [-0.1, -0.05) is 398 Å². The first-order chi connectivity index (χ1) is 67.6. The van der Waals surface area contributed by atoms with E-state index >= 15 is 0 Å². The van der Waals surface area contributed by atoms with Crippen LogP contribution in [0.4, 0.5) is 22.7 Å². The number of aryl methyl sites for hydroxylation is 2. The molecular formula is C132H107BN4. The summed E-state index contributed by atoms with van der Waals surface area (Å²) in [5.74, 6) is 0. The first kappa shape index (κ1) is 83.3. The molecule has 4 aliphatic rings. The molecule has 0 bridgehead atoms. The highest BCUT2D eigenvalue weighted by atomic mass is 15.2. The van der Waals surface area contributed by atoms with E-state index in [2.05, 4.69) is 489 Å². The summed E-state index contributed by atoms with van der Waals surface area (Å²) >= 11 is 0. The lowest BCUT2D eigenvalue weighted by Crippen LogP contribution is -2.62. The summed E-state index contributed by atoms with van der Waals surface area (Å²) in [6, 6.07) is 171. The molecule has 0 amide bonds. The molecule has 0 spiro atoms. The third-order valence-corrected chi connectivity index (χ3v) is 30.9. The van der Waals surface area contributed by atoms with Crippen molar-refractivity contribution >= 4 is 89.5 Å². The highest BCUT2D eigenvalue weighted by Crippen LogP contribution is 2.60. The predicted molar refractivity (Wildman–Crippen MR) is 579 cm³/mol. The van der Waals surface area contributed by atoms with Crippen molar-refractivity contribution in [1.29, 1.82) is 0 Å². The molecule has 0 radical (unpaired) electrons. The minimum Gasteiger partial charge on any atom is -0.342 e. The Morgan fingerprint density at radius 2 is 0.555 bits per heavy atom. The van der Waals surface area contributed by atoms with Gasteiger partial charge in [0.2, 0.25) is 0 Å². The lowest BCUT2D eigenvalue weighted by Gasteiger charge is -2.45. The fourth-order valence-corrected chi connectivity index (χ4v) is 24.6. The fourth-order valence-electron chi connectivity index (χ4n) is 24.6. The van der Waals surface area contributed by atoms with E-state index in [1.807, 2.05) is 0 Å². The van der Waals surface area contributed by atoms with Gasteiger partial charge in [-0.3, -0.25) is 0 Å². The summed E-state index contributed by atoms with van der Waals surface area (Å²) in [6.45, 7) is 9.03. The van der Waals surface area contributed by atoms with E-state index in [4.69, 9.17) is 0 Å². The molecule has 2 aliphatic heterocycles. The molecule has 5 heteroatoms. The molecule has 4 heterocycles. The van der Waals surface area contributed by atoms with Gasteiger partial charge in [0.15, 0.2) is 0 Å². The summed E-state index contributed by atoms with van der Waals surface area (Å²) in [6.07, 6.45) is 10.7. The van der Waals surface area contributed by atoms with Crippen molar-refractivity contribution in [3.63, 3.8) is 0 Å². The van der Waals surface area contributed by atoms with Crippen LogP contribution in [0.5, 0.6) is 0 Å². The number of unbranched alkanes of at least 4 members (excludes halogenated alkanes) is 6. The van der Waals surface area contributed by atoms with E-state index in [1.165, 1.54) is 222 Å². The van der Waals surface area contributed by atoms with Crippen molar-refractivity contribution in [2.45, 2.75) is 101 Å². The first-order valence-electron chi connectivity index (χ1n) is 49.7. The van der Waals surface area contributed by atoms with Crippen molar-refractivity contribution in [3.8, 4) is 78.1 Å². The third kappa shape index (κ3) is 13.9. The maximum Gasteiger partial charge on any atom is 0.252 e. The molecule has 4 nitrogen and oxygen atoms in total. The molecule has 21 aromatic rings. The average Bonchev–Trinajstić information content (AvgIpc) is 1.65. The topological polar surface area (TPSA) is 16.3 Å². The van der Waals surface area contributed by atoms with Gasteiger partial charge in [-0.05, 0) is 285 Å². The van der Waals surface area contributed by atoms with Crippen LogP contribution in [0, 0.1) is 0 Å². The second-order valence-electron chi connectivity index (χ2n) is 39.5. The second-order valence-corrected chi connectivity index (χ2v) is 39.5. The number of hydrogen-bond acceptors (Lipinski definition) is 2. The number of fused-ring (bicyclic) bond motifs is 16. The van der Waals surface area contributed by atoms with Gasteiger partial charge >= 0.3 is 0 Å². The molecule has 2 aromatic heterocycles. The lowest BCUT2D eigenvalue weighted by atomic mass is 9.33. The Morgan fingerprint density at radius 1 is 0.234 bits per heavy atom. The van der Waals surface area contributed by atoms with Gasteiger partial charge in [-0.25, -0.2) is 0 Å². The Kier molecular flexibility index (Phi) is 20.9. The van der Waals surface area contributed by atoms with Crippen LogP contribution in [0.3, 0.4) is 0 Å². The predicted octanol–water partition coefficient (Wildman–Crippen LogP) is 31.6. The monoisotopic (exact) mass is 1760 g/mol. The summed E-state index contributed by atoms with van der Waals surface area (Å²) in [7, 11) is 0. The molecule has 19 aromatic carbocycles. The minimum atomic E-state index is -0.469. The molecule has 0 saturated heterocycles. The average molecular weight is 1760 g/mol. The second kappa shape index (κ2) is 34.4. The molecule has 0 saturated carbocycles. The van der Waals surface area contributed by atoms with Crippen LogP contribution in [0.15, 0.2) is 449 Å². The third-order valence-electron chi connectivity index (χ3n) is 30.9. The van der Waals surface area contributed by atoms with Crippen LogP contribution < -0.4 is 26.2 Å². The van der Waals surface area contributed by atoms with Gasteiger partial charge in [-0.15, -0.1) is 0 Å². The maximum absolute atomic E-state index is 2.80. The van der Waals surface area contributed by atoms with Gasteiger partial charge in [0.25, 0.3) is 6.71 Å². The Morgan fingerprint density at radius 3 is 0.964 bits per heavy atom. The number of benzene rings is 19. The van der Waals surface area contributed by atoms with E-state index in [9.17, 15) is 0 Å². The highest BCUT2D eigenvalue weighted by molar-refractivity contribution is 7.00. The van der Waals surface area contributed by atoms with Crippen LogP contribution in [-0.2, 0) is 29.1 Å². The van der Waals surface area contributed by atoms with E-state index in [0.29, 0.717) is 0 Å². The Bertz CT molecular complexity index is 7650. The summed E-state index contributed by atoms with van der Waals surface area (Å²) < 4.78 is 4.88. The van der Waals surface area contributed by atoms with Gasteiger partial charge in [0, 0.05) is 68.8 Å². The van der Waals surface area contributed by atoms with Crippen molar-refractivity contribution < 1.29 is 0 Å².